The monoisotopic (exact) mass is 230 g/mol. The van der Waals surface area contributed by atoms with E-state index in [-0.39, 0.29) is 0 Å². The number of pyridine rings is 1. The third kappa shape index (κ3) is 3.41. The zero-order chi connectivity index (χ0) is 11.9. The number of nitrogens with zero attached hydrogens (tertiary/aromatic N) is 3. The molecule has 0 saturated carbocycles. The van der Waals surface area contributed by atoms with Gasteiger partial charge in [-0.15, -0.1) is 0 Å². The Morgan fingerprint density at radius 2 is 2.24 bits per heavy atom. The van der Waals surface area contributed by atoms with Gasteiger partial charge in [0.15, 0.2) is 0 Å². The lowest BCUT2D eigenvalue weighted by atomic mass is 10.5. The minimum absolute atomic E-state index is 0.506. The van der Waals surface area contributed by atoms with Gasteiger partial charge in [0.1, 0.15) is 5.75 Å². The summed E-state index contributed by atoms with van der Waals surface area (Å²) in [5, 5.41) is 3.10. The number of nitrogens with one attached hydrogen (secondary N) is 1. The summed E-state index contributed by atoms with van der Waals surface area (Å²) in [7, 11) is 0. The molecule has 2 heterocycles. The fourth-order valence-electron chi connectivity index (χ4n) is 1.25. The predicted molar refractivity (Wildman–Crippen MR) is 65.1 cm³/mol. The number of ether oxygens (including phenoxy) is 1. The van der Waals surface area contributed by atoms with Crippen molar-refractivity contribution in [3.63, 3.8) is 0 Å². The van der Waals surface area contributed by atoms with Crippen molar-refractivity contribution in [2.75, 3.05) is 11.9 Å². The van der Waals surface area contributed by atoms with Crippen LogP contribution in [-0.2, 0) is 0 Å². The average molecular weight is 230 g/mol. The van der Waals surface area contributed by atoms with Crippen molar-refractivity contribution in [1.29, 1.82) is 0 Å². The second kappa shape index (κ2) is 5.79. The average Bonchev–Trinajstić information content (AvgIpc) is 2.38. The molecule has 0 bridgehead atoms. The van der Waals surface area contributed by atoms with Crippen molar-refractivity contribution < 1.29 is 4.74 Å². The van der Waals surface area contributed by atoms with Crippen LogP contribution < -0.4 is 10.1 Å². The first-order chi connectivity index (χ1) is 8.38. The number of hydrogen-bond donors (Lipinski definition) is 1. The molecule has 0 aliphatic heterocycles. The van der Waals surface area contributed by atoms with Crippen LogP contribution >= 0.6 is 0 Å². The van der Waals surface area contributed by atoms with E-state index in [1.54, 1.807) is 24.7 Å². The number of anilines is 1. The molecule has 0 atom stereocenters. The minimum atomic E-state index is 0.506. The maximum Gasteiger partial charge on any atom is 0.225 e. The molecular weight excluding hydrogens is 216 g/mol. The Hall–Kier alpha value is -2.17. The normalized spacial score (nSPS) is 9.94. The van der Waals surface area contributed by atoms with Crippen LogP contribution in [0, 0.1) is 0 Å². The van der Waals surface area contributed by atoms with Crippen LogP contribution in [0.3, 0.4) is 0 Å². The van der Waals surface area contributed by atoms with Gasteiger partial charge in [0.2, 0.25) is 11.8 Å². The molecule has 17 heavy (non-hydrogen) atoms. The Morgan fingerprint density at radius 3 is 3.00 bits per heavy atom. The van der Waals surface area contributed by atoms with Gasteiger partial charge >= 0.3 is 0 Å². The first-order valence-corrected chi connectivity index (χ1v) is 5.53. The Bertz CT molecular complexity index is 461. The maximum atomic E-state index is 5.55. The van der Waals surface area contributed by atoms with Gasteiger partial charge < -0.3 is 10.1 Å². The molecule has 0 fully saturated rings. The van der Waals surface area contributed by atoms with E-state index in [1.807, 2.05) is 12.1 Å². The molecule has 5 nitrogen and oxygen atoms in total. The third-order valence-corrected chi connectivity index (χ3v) is 2.02. The summed E-state index contributed by atoms with van der Waals surface area (Å²) in [6, 6.07) is 5.35. The summed E-state index contributed by atoms with van der Waals surface area (Å²) in [5.41, 5.74) is 0. The lowest BCUT2D eigenvalue weighted by Gasteiger charge is -2.06. The first-order valence-electron chi connectivity index (χ1n) is 5.53. The molecule has 2 rings (SSSR count). The standard InChI is InChI=1S/C12H14N4O/c1-2-6-14-12-15-8-5-11(16-12)17-10-4-3-7-13-9-10/h3-5,7-9H,2,6H2,1H3,(H,14,15,16). The zero-order valence-corrected chi connectivity index (χ0v) is 9.63. The maximum absolute atomic E-state index is 5.55. The summed E-state index contributed by atoms with van der Waals surface area (Å²) in [6.45, 7) is 2.93. The molecule has 0 amide bonds. The summed E-state index contributed by atoms with van der Waals surface area (Å²) in [5.74, 6) is 1.74. The number of hydrogen-bond acceptors (Lipinski definition) is 5. The Balaban J connectivity index is 2.06. The number of rotatable bonds is 5. The van der Waals surface area contributed by atoms with Gasteiger partial charge in [0.05, 0.1) is 6.20 Å². The quantitative estimate of drug-likeness (QED) is 0.855. The van der Waals surface area contributed by atoms with Crippen LogP contribution in [0.5, 0.6) is 11.6 Å². The van der Waals surface area contributed by atoms with Crippen molar-refractivity contribution in [1.82, 2.24) is 15.0 Å². The van der Waals surface area contributed by atoms with Crippen LogP contribution in [0.25, 0.3) is 0 Å². The molecule has 88 valence electrons. The van der Waals surface area contributed by atoms with Gasteiger partial charge in [-0.25, -0.2) is 4.98 Å². The van der Waals surface area contributed by atoms with Crippen LogP contribution in [0.2, 0.25) is 0 Å². The second-order valence-corrected chi connectivity index (χ2v) is 3.44. The van der Waals surface area contributed by atoms with Crippen molar-refractivity contribution in [3.8, 4) is 11.6 Å². The van der Waals surface area contributed by atoms with Crippen molar-refractivity contribution in [3.05, 3.63) is 36.8 Å². The molecule has 2 aromatic heterocycles. The molecular formula is C12H14N4O. The smallest absolute Gasteiger partial charge is 0.225 e. The Kier molecular flexibility index (Phi) is 3.85. The second-order valence-electron chi connectivity index (χ2n) is 3.44. The van der Waals surface area contributed by atoms with Gasteiger partial charge in [0.25, 0.3) is 0 Å². The van der Waals surface area contributed by atoms with Gasteiger partial charge in [-0.2, -0.15) is 4.98 Å². The van der Waals surface area contributed by atoms with Crippen LogP contribution in [0.1, 0.15) is 13.3 Å². The highest BCUT2D eigenvalue weighted by Crippen LogP contribution is 2.17. The van der Waals surface area contributed by atoms with Crippen LogP contribution in [-0.4, -0.2) is 21.5 Å². The third-order valence-electron chi connectivity index (χ3n) is 2.02. The molecule has 0 aliphatic carbocycles. The lowest BCUT2D eigenvalue weighted by molar-refractivity contribution is 0.460. The van der Waals surface area contributed by atoms with Gasteiger partial charge in [-0.3, -0.25) is 4.98 Å². The van der Waals surface area contributed by atoms with E-state index in [9.17, 15) is 0 Å². The minimum Gasteiger partial charge on any atom is -0.437 e. The van der Waals surface area contributed by atoms with E-state index >= 15 is 0 Å². The summed E-state index contributed by atoms with van der Waals surface area (Å²) >= 11 is 0. The Morgan fingerprint density at radius 1 is 1.29 bits per heavy atom. The van der Waals surface area contributed by atoms with Gasteiger partial charge in [0, 0.05) is 25.0 Å². The molecule has 0 aliphatic rings. The van der Waals surface area contributed by atoms with Crippen LogP contribution in [0.4, 0.5) is 5.95 Å². The highest BCUT2D eigenvalue weighted by molar-refractivity contribution is 5.30. The molecule has 2 aromatic rings. The summed E-state index contributed by atoms with van der Waals surface area (Å²) in [4.78, 5) is 12.3. The largest absolute Gasteiger partial charge is 0.437 e. The van der Waals surface area contributed by atoms with Crippen molar-refractivity contribution in [2.24, 2.45) is 0 Å². The SMILES string of the molecule is CCCNc1nccc(Oc2cccnc2)n1. The summed E-state index contributed by atoms with van der Waals surface area (Å²) in [6.07, 6.45) is 6.02. The van der Waals surface area contributed by atoms with Crippen molar-refractivity contribution >= 4 is 5.95 Å². The topological polar surface area (TPSA) is 59.9 Å². The molecule has 5 heteroatoms. The first kappa shape index (κ1) is 11.3. The van der Waals surface area contributed by atoms with Crippen molar-refractivity contribution in [2.45, 2.75) is 13.3 Å². The molecule has 0 saturated heterocycles. The van der Waals surface area contributed by atoms with Gasteiger partial charge in [-0.05, 0) is 18.6 Å². The van der Waals surface area contributed by atoms with E-state index < -0.39 is 0 Å². The molecule has 0 unspecified atom stereocenters. The molecule has 1 N–H and O–H groups in total. The molecule has 0 aromatic carbocycles. The van der Waals surface area contributed by atoms with Crippen LogP contribution in [0.15, 0.2) is 36.8 Å². The fraction of sp³-hybridized carbons (Fsp3) is 0.250. The lowest BCUT2D eigenvalue weighted by Crippen LogP contribution is -2.04. The van der Waals surface area contributed by atoms with E-state index in [0.29, 0.717) is 17.6 Å². The van der Waals surface area contributed by atoms with E-state index in [1.165, 1.54) is 0 Å². The fourth-order valence-corrected chi connectivity index (χ4v) is 1.25. The van der Waals surface area contributed by atoms with E-state index in [4.69, 9.17) is 4.74 Å². The molecule has 0 spiro atoms. The summed E-state index contributed by atoms with van der Waals surface area (Å²) < 4.78 is 5.55. The molecule has 0 radical (unpaired) electrons. The highest BCUT2D eigenvalue weighted by Gasteiger charge is 2.00. The van der Waals surface area contributed by atoms with E-state index in [0.717, 1.165) is 13.0 Å². The Labute approximate surface area is 99.9 Å². The number of aromatic nitrogens is 3. The predicted octanol–water partition coefficient (Wildman–Crippen LogP) is 2.49. The van der Waals surface area contributed by atoms with E-state index in [2.05, 4.69) is 27.2 Å². The zero-order valence-electron chi connectivity index (χ0n) is 9.63. The highest BCUT2D eigenvalue weighted by atomic mass is 16.5. The van der Waals surface area contributed by atoms with Gasteiger partial charge in [-0.1, -0.05) is 6.92 Å².